The highest BCUT2D eigenvalue weighted by atomic mass is 79.9. The van der Waals surface area contributed by atoms with Crippen LogP contribution in [0.15, 0.2) is 27.6 Å². The highest BCUT2D eigenvalue weighted by Crippen LogP contribution is 2.30. The lowest BCUT2D eigenvalue weighted by Crippen LogP contribution is -2.19. The predicted molar refractivity (Wildman–Crippen MR) is 67.2 cm³/mol. The van der Waals surface area contributed by atoms with Crippen LogP contribution in [0.25, 0.3) is 0 Å². The van der Waals surface area contributed by atoms with Crippen molar-refractivity contribution in [1.82, 2.24) is 0 Å². The second-order valence-corrected chi connectivity index (χ2v) is 6.37. The molecule has 4 heteroatoms. The molecule has 1 aromatic rings. The van der Waals surface area contributed by atoms with Crippen LogP contribution in [-0.2, 0) is 10.8 Å². The summed E-state index contributed by atoms with van der Waals surface area (Å²) in [5.41, 5.74) is 6.45. The van der Waals surface area contributed by atoms with Gasteiger partial charge in [0, 0.05) is 15.9 Å². The van der Waals surface area contributed by atoms with E-state index in [1.165, 1.54) is 19.3 Å². The van der Waals surface area contributed by atoms with Crippen LogP contribution < -0.4 is 5.73 Å². The SMILES string of the molecule is Nc1ccc(Br)cc1S(=O)CC1CCC1. The van der Waals surface area contributed by atoms with Crippen molar-refractivity contribution in [3.8, 4) is 0 Å². The van der Waals surface area contributed by atoms with Crippen LogP contribution in [0, 0.1) is 5.92 Å². The van der Waals surface area contributed by atoms with Gasteiger partial charge in [0.25, 0.3) is 0 Å². The van der Waals surface area contributed by atoms with Crippen molar-refractivity contribution in [2.75, 3.05) is 11.5 Å². The Labute approximate surface area is 101 Å². The molecule has 82 valence electrons. The van der Waals surface area contributed by atoms with Crippen LogP contribution in [0.3, 0.4) is 0 Å². The summed E-state index contributed by atoms with van der Waals surface area (Å²) < 4.78 is 13.0. The molecule has 0 bridgehead atoms. The van der Waals surface area contributed by atoms with Crippen molar-refractivity contribution in [2.45, 2.75) is 24.2 Å². The smallest absolute Gasteiger partial charge is 0.0628 e. The Morgan fingerprint density at radius 3 is 2.80 bits per heavy atom. The second-order valence-electron chi connectivity index (χ2n) is 3.99. The van der Waals surface area contributed by atoms with Crippen LogP contribution >= 0.6 is 15.9 Å². The molecule has 0 saturated heterocycles. The number of nitrogen functional groups attached to an aromatic ring is 1. The first-order valence-electron chi connectivity index (χ1n) is 5.10. The maximum atomic E-state index is 12.0. The lowest BCUT2D eigenvalue weighted by Gasteiger charge is -2.24. The fourth-order valence-electron chi connectivity index (χ4n) is 1.67. The molecule has 0 amide bonds. The van der Waals surface area contributed by atoms with E-state index in [-0.39, 0.29) is 0 Å². The van der Waals surface area contributed by atoms with E-state index < -0.39 is 10.8 Å². The maximum Gasteiger partial charge on any atom is 0.0628 e. The summed E-state index contributed by atoms with van der Waals surface area (Å²) in [5.74, 6) is 1.41. The number of anilines is 1. The topological polar surface area (TPSA) is 43.1 Å². The Hall–Kier alpha value is -0.350. The molecule has 1 aliphatic rings. The largest absolute Gasteiger partial charge is 0.398 e. The minimum atomic E-state index is -0.939. The highest BCUT2D eigenvalue weighted by Gasteiger charge is 2.21. The molecule has 1 fully saturated rings. The summed E-state index contributed by atoms with van der Waals surface area (Å²) in [4.78, 5) is 0.774. The number of nitrogens with two attached hydrogens (primary N) is 1. The van der Waals surface area contributed by atoms with Crippen LogP contribution in [0.2, 0.25) is 0 Å². The van der Waals surface area contributed by atoms with Crippen molar-refractivity contribution in [3.63, 3.8) is 0 Å². The van der Waals surface area contributed by atoms with Gasteiger partial charge in [-0.25, -0.2) is 0 Å². The number of halogens is 1. The third-order valence-corrected chi connectivity index (χ3v) is 4.94. The molecule has 0 aromatic heterocycles. The Kier molecular flexibility index (Phi) is 3.46. The van der Waals surface area contributed by atoms with E-state index in [1.54, 1.807) is 6.07 Å². The van der Waals surface area contributed by atoms with Gasteiger partial charge in [0.05, 0.1) is 15.7 Å². The Morgan fingerprint density at radius 2 is 2.20 bits per heavy atom. The molecule has 1 unspecified atom stereocenters. The molecule has 0 aliphatic heterocycles. The molecular weight excluding hydrogens is 274 g/mol. The van der Waals surface area contributed by atoms with Gasteiger partial charge in [-0.2, -0.15) is 0 Å². The van der Waals surface area contributed by atoms with E-state index in [0.717, 1.165) is 15.1 Å². The van der Waals surface area contributed by atoms with Crippen molar-refractivity contribution in [1.29, 1.82) is 0 Å². The first kappa shape index (κ1) is 11.1. The average Bonchev–Trinajstić information content (AvgIpc) is 2.15. The van der Waals surface area contributed by atoms with E-state index >= 15 is 0 Å². The summed E-state index contributed by atoms with van der Waals surface area (Å²) in [7, 11) is -0.939. The minimum absolute atomic E-state index is 0.635. The molecule has 1 aliphatic carbocycles. The zero-order valence-electron chi connectivity index (χ0n) is 8.41. The molecule has 0 radical (unpaired) electrons. The lowest BCUT2D eigenvalue weighted by atomic mass is 9.87. The van der Waals surface area contributed by atoms with Gasteiger partial charge >= 0.3 is 0 Å². The van der Waals surface area contributed by atoms with Crippen molar-refractivity contribution < 1.29 is 4.21 Å². The third-order valence-electron chi connectivity index (χ3n) is 2.83. The minimum Gasteiger partial charge on any atom is -0.398 e. The molecule has 0 spiro atoms. The monoisotopic (exact) mass is 287 g/mol. The Bertz CT molecular complexity index is 390. The average molecular weight is 288 g/mol. The van der Waals surface area contributed by atoms with Gasteiger partial charge in [0.15, 0.2) is 0 Å². The molecule has 1 aromatic carbocycles. The van der Waals surface area contributed by atoms with E-state index in [1.807, 2.05) is 12.1 Å². The molecular formula is C11H14BrNOS. The molecule has 15 heavy (non-hydrogen) atoms. The molecule has 2 rings (SSSR count). The second kappa shape index (κ2) is 4.66. The summed E-state index contributed by atoms with van der Waals surface area (Å²) in [6, 6.07) is 5.54. The fraction of sp³-hybridized carbons (Fsp3) is 0.455. The molecule has 0 heterocycles. The van der Waals surface area contributed by atoms with Crippen LogP contribution in [-0.4, -0.2) is 9.96 Å². The first-order chi connectivity index (χ1) is 7.16. The van der Waals surface area contributed by atoms with Crippen molar-refractivity contribution in [2.24, 2.45) is 5.92 Å². The number of benzene rings is 1. The maximum absolute atomic E-state index is 12.0. The van der Waals surface area contributed by atoms with Gasteiger partial charge in [-0.3, -0.25) is 4.21 Å². The molecule has 1 saturated carbocycles. The zero-order valence-corrected chi connectivity index (χ0v) is 10.8. The predicted octanol–water partition coefficient (Wildman–Crippen LogP) is 2.94. The summed E-state index contributed by atoms with van der Waals surface area (Å²) in [6.45, 7) is 0. The molecule has 1 atom stereocenters. The Balaban J connectivity index is 2.12. The van der Waals surface area contributed by atoms with Gasteiger partial charge in [-0.05, 0) is 37.0 Å². The lowest BCUT2D eigenvalue weighted by molar-refractivity contribution is 0.350. The Morgan fingerprint density at radius 1 is 1.47 bits per heavy atom. The van der Waals surface area contributed by atoms with Gasteiger partial charge in [0.2, 0.25) is 0 Å². The quantitative estimate of drug-likeness (QED) is 0.869. The van der Waals surface area contributed by atoms with Gasteiger partial charge < -0.3 is 5.73 Å². The molecule has 2 nitrogen and oxygen atoms in total. The van der Waals surface area contributed by atoms with E-state index in [9.17, 15) is 4.21 Å². The first-order valence-corrected chi connectivity index (χ1v) is 7.21. The van der Waals surface area contributed by atoms with Crippen LogP contribution in [0.1, 0.15) is 19.3 Å². The van der Waals surface area contributed by atoms with E-state index in [0.29, 0.717) is 11.6 Å². The van der Waals surface area contributed by atoms with E-state index in [4.69, 9.17) is 5.73 Å². The fourth-order valence-corrected chi connectivity index (χ4v) is 3.71. The van der Waals surface area contributed by atoms with Crippen molar-refractivity contribution in [3.05, 3.63) is 22.7 Å². The van der Waals surface area contributed by atoms with Crippen LogP contribution in [0.5, 0.6) is 0 Å². The van der Waals surface area contributed by atoms with Gasteiger partial charge in [-0.15, -0.1) is 0 Å². The zero-order chi connectivity index (χ0) is 10.8. The van der Waals surface area contributed by atoms with Crippen molar-refractivity contribution >= 4 is 32.4 Å². The third kappa shape index (κ3) is 2.61. The van der Waals surface area contributed by atoms with Gasteiger partial charge in [0.1, 0.15) is 0 Å². The summed E-state index contributed by atoms with van der Waals surface area (Å²) in [5, 5.41) is 0. The summed E-state index contributed by atoms with van der Waals surface area (Å²) >= 11 is 3.37. The van der Waals surface area contributed by atoms with Crippen LogP contribution in [0.4, 0.5) is 5.69 Å². The number of hydrogen-bond acceptors (Lipinski definition) is 2. The van der Waals surface area contributed by atoms with E-state index in [2.05, 4.69) is 15.9 Å². The molecule has 2 N–H and O–H groups in total. The highest BCUT2D eigenvalue weighted by molar-refractivity contribution is 9.10. The standard InChI is InChI=1S/C11H14BrNOS/c12-9-4-5-10(13)11(6-9)15(14)7-8-2-1-3-8/h4-6,8H,1-3,7,13H2. The number of rotatable bonds is 3. The number of hydrogen-bond donors (Lipinski definition) is 1. The normalized spacial score (nSPS) is 18.5. The van der Waals surface area contributed by atoms with Gasteiger partial charge in [-0.1, -0.05) is 22.4 Å². The summed E-state index contributed by atoms with van der Waals surface area (Å²) in [6.07, 6.45) is 3.73.